The van der Waals surface area contributed by atoms with Crippen LogP contribution in [0.3, 0.4) is 0 Å². The van der Waals surface area contributed by atoms with Gasteiger partial charge in [-0.15, -0.1) is 0 Å². The van der Waals surface area contributed by atoms with Gasteiger partial charge in [0.1, 0.15) is 10.6 Å². The number of hydrogen-bond acceptors (Lipinski definition) is 5. The summed E-state index contributed by atoms with van der Waals surface area (Å²) in [6.45, 7) is -2.12. The standard InChI is InChI=1S/C19H19Cl2F2N3O4S/c20-13-4-3-7-16(18(13)21)31(28,29)26-10-8-25(9-11-26)12-17(27)24-14-5-1-2-6-15(14)30-19(22)23/h1-7,19H,8-12H2,(H,24,27). The van der Waals surface area contributed by atoms with Crippen molar-refractivity contribution in [3.63, 3.8) is 0 Å². The number of ether oxygens (including phenoxy) is 1. The molecule has 12 heteroatoms. The quantitative estimate of drug-likeness (QED) is 0.637. The van der Waals surface area contributed by atoms with Crippen molar-refractivity contribution in [2.75, 3.05) is 38.0 Å². The zero-order valence-corrected chi connectivity index (χ0v) is 18.4. The summed E-state index contributed by atoms with van der Waals surface area (Å²) in [6, 6.07) is 10.3. The first-order valence-corrected chi connectivity index (χ1v) is 11.4. The van der Waals surface area contributed by atoms with Gasteiger partial charge in [-0.2, -0.15) is 13.1 Å². The predicted octanol–water partition coefficient (Wildman–Crippen LogP) is 3.54. The number of nitrogens with zero attached hydrogens (tertiary/aromatic N) is 2. The second-order valence-corrected chi connectivity index (χ2v) is 9.35. The lowest BCUT2D eigenvalue weighted by molar-refractivity contribution is -0.117. The minimum atomic E-state index is -3.83. The van der Waals surface area contributed by atoms with Crippen molar-refractivity contribution in [2.45, 2.75) is 11.5 Å². The molecule has 2 aromatic carbocycles. The van der Waals surface area contributed by atoms with E-state index in [1.54, 1.807) is 11.0 Å². The molecule has 31 heavy (non-hydrogen) atoms. The van der Waals surface area contributed by atoms with E-state index in [1.165, 1.54) is 40.7 Å². The van der Waals surface area contributed by atoms with Crippen molar-refractivity contribution >= 4 is 44.8 Å². The summed E-state index contributed by atoms with van der Waals surface area (Å²) in [6.07, 6.45) is 0. The molecular weight excluding hydrogens is 475 g/mol. The van der Waals surface area contributed by atoms with Crippen LogP contribution in [0, 0.1) is 0 Å². The molecule has 0 spiro atoms. The van der Waals surface area contributed by atoms with Gasteiger partial charge in [-0.05, 0) is 24.3 Å². The van der Waals surface area contributed by atoms with Crippen molar-refractivity contribution in [3.8, 4) is 5.75 Å². The van der Waals surface area contributed by atoms with Crippen LogP contribution in [0.5, 0.6) is 5.75 Å². The number of para-hydroxylation sites is 2. The van der Waals surface area contributed by atoms with Crippen LogP contribution in [0.15, 0.2) is 47.4 Å². The Kier molecular flexibility index (Phi) is 7.71. The van der Waals surface area contributed by atoms with Gasteiger partial charge in [0.05, 0.1) is 22.3 Å². The van der Waals surface area contributed by atoms with E-state index in [-0.39, 0.29) is 46.0 Å². The monoisotopic (exact) mass is 493 g/mol. The van der Waals surface area contributed by atoms with Gasteiger partial charge >= 0.3 is 6.61 Å². The number of rotatable bonds is 7. The number of carbonyl (C=O) groups excluding carboxylic acids is 1. The minimum absolute atomic E-state index is 0.0318. The first kappa shape index (κ1) is 23.7. The molecule has 0 aliphatic carbocycles. The maximum Gasteiger partial charge on any atom is 0.387 e. The van der Waals surface area contributed by atoms with Crippen molar-refractivity contribution in [1.29, 1.82) is 0 Å². The van der Waals surface area contributed by atoms with Crippen molar-refractivity contribution in [2.24, 2.45) is 0 Å². The second kappa shape index (κ2) is 10.1. The minimum Gasteiger partial charge on any atom is -0.433 e. The van der Waals surface area contributed by atoms with Crippen LogP contribution in [0.4, 0.5) is 14.5 Å². The van der Waals surface area contributed by atoms with Crippen LogP contribution < -0.4 is 10.1 Å². The zero-order chi connectivity index (χ0) is 22.6. The van der Waals surface area contributed by atoms with Crippen molar-refractivity contribution < 1.29 is 26.7 Å². The van der Waals surface area contributed by atoms with E-state index in [9.17, 15) is 22.0 Å². The van der Waals surface area contributed by atoms with Gasteiger partial charge in [-0.1, -0.05) is 41.4 Å². The smallest absolute Gasteiger partial charge is 0.387 e. The summed E-state index contributed by atoms with van der Waals surface area (Å²) in [5, 5.41) is 2.66. The maximum atomic E-state index is 12.9. The fourth-order valence-corrected chi connectivity index (χ4v) is 5.27. The van der Waals surface area contributed by atoms with Gasteiger partial charge in [0, 0.05) is 26.2 Å². The third kappa shape index (κ3) is 5.83. The third-order valence-electron chi connectivity index (χ3n) is 4.61. The summed E-state index contributed by atoms with van der Waals surface area (Å²) in [5.41, 5.74) is 0.129. The van der Waals surface area contributed by atoms with Crippen LogP contribution in [-0.2, 0) is 14.8 Å². The molecule has 0 saturated carbocycles. The second-order valence-electron chi connectivity index (χ2n) is 6.66. The Hall–Kier alpha value is -1.98. The highest BCUT2D eigenvalue weighted by Crippen LogP contribution is 2.31. The highest BCUT2D eigenvalue weighted by Gasteiger charge is 2.31. The number of carbonyl (C=O) groups is 1. The molecule has 0 aromatic heterocycles. The lowest BCUT2D eigenvalue weighted by Gasteiger charge is -2.33. The molecule has 1 N–H and O–H groups in total. The summed E-state index contributed by atoms with van der Waals surface area (Å²) in [7, 11) is -3.83. The van der Waals surface area contributed by atoms with Gasteiger partial charge in [0.15, 0.2) is 0 Å². The summed E-state index contributed by atoms with van der Waals surface area (Å²) in [5.74, 6) is -0.570. The Labute approximate surface area is 188 Å². The van der Waals surface area contributed by atoms with Crippen LogP contribution in [0.1, 0.15) is 0 Å². The third-order valence-corrected chi connectivity index (χ3v) is 7.48. The van der Waals surface area contributed by atoms with Gasteiger partial charge in [-0.3, -0.25) is 9.69 Å². The molecule has 0 atom stereocenters. The van der Waals surface area contributed by atoms with Gasteiger partial charge in [-0.25, -0.2) is 8.42 Å². The molecule has 168 valence electrons. The van der Waals surface area contributed by atoms with E-state index in [2.05, 4.69) is 10.1 Å². The number of halogens is 4. The Bertz CT molecular complexity index is 1050. The Morgan fingerprint density at radius 2 is 1.74 bits per heavy atom. The molecule has 1 amide bonds. The average Bonchev–Trinajstić information content (AvgIpc) is 2.71. The maximum absolute atomic E-state index is 12.9. The first-order valence-electron chi connectivity index (χ1n) is 9.18. The number of anilines is 1. The van der Waals surface area contributed by atoms with E-state index in [0.717, 1.165) is 0 Å². The van der Waals surface area contributed by atoms with Crippen LogP contribution in [0.25, 0.3) is 0 Å². The lowest BCUT2D eigenvalue weighted by Crippen LogP contribution is -2.50. The molecular formula is C19H19Cl2F2N3O4S. The molecule has 2 aromatic rings. The van der Waals surface area contributed by atoms with E-state index in [0.29, 0.717) is 13.1 Å². The van der Waals surface area contributed by atoms with Gasteiger partial charge < -0.3 is 10.1 Å². The fraction of sp³-hybridized carbons (Fsp3) is 0.316. The SMILES string of the molecule is O=C(CN1CCN(S(=O)(=O)c2cccc(Cl)c2Cl)CC1)Nc1ccccc1OC(F)F. The van der Waals surface area contributed by atoms with Gasteiger partial charge in [0.25, 0.3) is 0 Å². The van der Waals surface area contributed by atoms with Gasteiger partial charge in [0.2, 0.25) is 15.9 Å². The van der Waals surface area contributed by atoms with E-state index >= 15 is 0 Å². The molecule has 1 aliphatic rings. The summed E-state index contributed by atoms with van der Waals surface area (Å²) in [4.78, 5) is 14.0. The summed E-state index contributed by atoms with van der Waals surface area (Å²) < 4.78 is 56.4. The fourth-order valence-electron chi connectivity index (χ4n) is 3.11. The van der Waals surface area contributed by atoms with Crippen molar-refractivity contribution in [3.05, 3.63) is 52.5 Å². The Morgan fingerprint density at radius 3 is 2.42 bits per heavy atom. The number of hydrogen-bond donors (Lipinski definition) is 1. The molecule has 0 bridgehead atoms. The molecule has 3 rings (SSSR count). The van der Waals surface area contributed by atoms with Crippen molar-refractivity contribution in [1.82, 2.24) is 9.21 Å². The number of nitrogens with one attached hydrogen (secondary N) is 1. The normalized spacial score (nSPS) is 15.8. The number of benzene rings is 2. The lowest BCUT2D eigenvalue weighted by atomic mass is 10.3. The molecule has 7 nitrogen and oxygen atoms in total. The Morgan fingerprint density at radius 1 is 1.06 bits per heavy atom. The number of sulfonamides is 1. The molecule has 0 unspecified atom stereocenters. The largest absolute Gasteiger partial charge is 0.433 e. The van der Waals surface area contributed by atoms with E-state index in [1.807, 2.05) is 0 Å². The predicted molar refractivity (Wildman–Crippen MR) is 113 cm³/mol. The average molecular weight is 494 g/mol. The van der Waals surface area contributed by atoms with Crippen LogP contribution >= 0.6 is 23.2 Å². The van der Waals surface area contributed by atoms with Crippen LogP contribution in [0.2, 0.25) is 10.0 Å². The highest BCUT2D eigenvalue weighted by atomic mass is 35.5. The molecule has 1 saturated heterocycles. The first-order chi connectivity index (χ1) is 14.7. The number of alkyl halides is 2. The van der Waals surface area contributed by atoms with Crippen LogP contribution in [-0.4, -0.2) is 62.9 Å². The van der Waals surface area contributed by atoms with E-state index in [4.69, 9.17) is 23.2 Å². The molecule has 1 fully saturated rings. The summed E-state index contributed by atoms with van der Waals surface area (Å²) >= 11 is 12.0. The molecule has 1 aliphatic heterocycles. The number of piperazine rings is 1. The highest BCUT2D eigenvalue weighted by molar-refractivity contribution is 7.89. The zero-order valence-electron chi connectivity index (χ0n) is 16.1. The molecule has 0 radical (unpaired) electrons. The molecule has 1 heterocycles. The Balaban J connectivity index is 1.58. The number of amides is 1. The van der Waals surface area contributed by atoms with E-state index < -0.39 is 22.5 Å². The topological polar surface area (TPSA) is 79.0 Å².